The SMILES string of the molecule is CN1CCN(Cc2ccc(-c3cnc(N4CCCC4)cn3)nc2)CC1. The Kier molecular flexibility index (Phi) is 4.90. The van der Waals surface area contributed by atoms with Gasteiger partial charge in [-0.2, -0.15) is 0 Å². The number of likely N-dealkylation sites (N-methyl/N-ethyl adjacent to an activating group) is 1. The van der Waals surface area contributed by atoms with E-state index in [-0.39, 0.29) is 0 Å². The number of nitrogens with zero attached hydrogens (tertiary/aromatic N) is 6. The third-order valence-corrected chi connectivity index (χ3v) is 5.16. The van der Waals surface area contributed by atoms with Crippen LogP contribution in [0, 0.1) is 0 Å². The molecule has 0 N–H and O–H groups in total. The van der Waals surface area contributed by atoms with Gasteiger partial charge in [0.1, 0.15) is 11.5 Å². The molecular weight excluding hydrogens is 312 g/mol. The van der Waals surface area contributed by atoms with Crippen LogP contribution in [0.4, 0.5) is 5.82 Å². The summed E-state index contributed by atoms with van der Waals surface area (Å²) in [5, 5.41) is 0. The van der Waals surface area contributed by atoms with Crippen molar-refractivity contribution in [2.45, 2.75) is 19.4 Å². The molecule has 0 amide bonds. The van der Waals surface area contributed by atoms with Crippen molar-refractivity contribution in [3.63, 3.8) is 0 Å². The number of aromatic nitrogens is 3. The predicted octanol–water partition coefficient (Wildman–Crippen LogP) is 1.89. The molecule has 4 heterocycles. The Morgan fingerprint density at radius 1 is 0.800 bits per heavy atom. The van der Waals surface area contributed by atoms with Crippen LogP contribution in [0.25, 0.3) is 11.4 Å². The second kappa shape index (κ2) is 7.45. The monoisotopic (exact) mass is 338 g/mol. The topological polar surface area (TPSA) is 48.4 Å². The Morgan fingerprint density at radius 2 is 1.56 bits per heavy atom. The summed E-state index contributed by atoms with van der Waals surface area (Å²) in [4.78, 5) is 20.9. The number of rotatable bonds is 4. The van der Waals surface area contributed by atoms with Crippen molar-refractivity contribution in [3.05, 3.63) is 36.3 Å². The van der Waals surface area contributed by atoms with Crippen molar-refractivity contribution in [2.24, 2.45) is 0 Å². The lowest BCUT2D eigenvalue weighted by molar-refractivity contribution is 0.148. The van der Waals surface area contributed by atoms with Crippen LogP contribution in [0.3, 0.4) is 0 Å². The third kappa shape index (κ3) is 3.96. The van der Waals surface area contributed by atoms with E-state index in [0.29, 0.717) is 0 Å². The molecule has 0 spiro atoms. The first-order valence-electron chi connectivity index (χ1n) is 9.21. The van der Waals surface area contributed by atoms with Gasteiger partial charge in [-0.3, -0.25) is 9.88 Å². The van der Waals surface area contributed by atoms with Crippen molar-refractivity contribution in [1.82, 2.24) is 24.8 Å². The highest BCUT2D eigenvalue weighted by atomic mass is 15.2. The number of hydrogen-bond acceptors (Lipinski definition) is 6. The second-order valence-corrected chi connectivity index (χ2v) is 7.09. The molecule has 2 aliphatic heterocycles. The molecule has 2 aromatic rings. The highest BCUT2D eigenvalue weighted by Crippen LogP contribution is 2.20. The van der Waals surface area contributed by atoms with Crippen LogP contribution in [-0.4, -0.2) is 71.1 Å². The summed E-state index contributed by atoms with van der Waals surface area (Å²) in [5.41, 5.74) is 2.99. The fraction of sp³-hybridized carbons (Fsp3) is 0.526. The molecule has 6 nitrogen and oxygen atoms in total. The number of piperazine rings is 1. The summed E-state index contributed by atoms with van der Waals surface area (Å²) in [6, 6.07) is 4.22. The first-order valence-corrected chi connectivity index (χ1v) is 9.21. The maximum Gasteiger partial charge on any atom is 0.147 e. The summed E-state index contributed by atoms with van der Waals surface area (Å²) in [5.74, 6) is 0.980. The molecule has 2 fully saturated rings. The van der Waals surface area contributed by atoms with Crippen LogP contribution in [0.15, 0.2) is 30.7 Å². The quantitative estimate of drug-likeness (QED) is 0.848. The Balaban J connectivity index is 1.39. The smallest absolute Gasteiger partial charge is 0.147 e. The van der Waals surface area contributed by atoms with Crippen LogP contribution in [-0.2, 0) is 6.54 Å². The van der Waals surface area contributed by atoms with Crippen molar-refractivity contribution in [1.29, 1.82) is 0 Å². The van der Waals surface area contributed by atoms with E-state index in [1.54, 1.807) is 0 Å². The van der Waals surface area contributed by atoms with Gasteiger partial charge < -0.3 is 9.80 Å². The largest absolute Gasteiger partial charge is 0.355 e. The van der Waals surface area contributed by atoms with E-state index in [0.717, 1.165) is 63.0 Å². The third-order valence-electron chi connectivity index (χ3n) is 5.16. The maximum atomic E-state index is 4.60. The highest BCUT2D eigenvalue weighted by molar-refractivity contribution is 5.54. The molecule has 4 rings (SSSR count). The Morgan fingerprint density at radius 3 is 2.20 bits per heavy atom. The zero-order valence-electron chi connectivity index (χ0n) is 14.9. The molecular formula is C19H26N6. The molecule has 0 saturated carbocycles. The molecule has 0 aromatic carbocycles. The molecule has 2 saturated heterocycles. The van der Waals surface area contributed by atoms with Gasteiger partial charge in [-0.25, -0.2) is 9.97 Å². The van der Waals surface area contributed by atoms with Gasteiger partial charge in [-0.1, -0.05) is 6.07 Å². The van der Waals surface area contributed by atoms with E-state index in [9.17, 15) is 0 Å². The average molecular weight is 338 g/mol. The minimum atomic E-state index is 0.842. The van der Waals surface area contributed by atoms with Crippen molar-refractivity contribution >= 4 is 5.82 Å². The molecule has 0 radical (unpaired) electrons. The highest BCUT2D eigenvalue weighted by Gasteiger charge is 2.15. The van der Waals surface area contributed by atoms with Crippen LogP contribution < -0.4 is 4.90 Å². The Hall–Kier alpha value is -2.05. The standard InChI is InChI=1S/C19H26N6/c1-23-8-10-24(11-9-23)15-16-4-5-17(20-12-16)18-13-22-19(14-21-18)25-6-2-3-7-25/h4-5,12-14H,2-3,6-11,15H2,1H3. The van der Waals surface area contributed by atoms with Crippen molar-refractivity contribution in [3.8, 4) is 11.4 Å². The Bertz CT molecular complexity index is 670. The van der Waals surface area contributed by atoms with Crippen LogP contribution in [0.5, 0.6) is 0 Å². The van der Waals surface area contributed by atoms with Crippen LogP contribution in [0.1, 0.15) is 18.4 Å². The molecule has 0 bridgehead atoms. The Labute approximate surface area is 149 Å². The van der Waals surface area contributed by atoms with Gasteiger partial charge in [0.05, 0.1) is 18.1 Å². The number of pyridine rings is 1. The van der Waals surface area contributed by atoms with Crippen LogP contribution >= 0.6 is 0 Å². The lowest BCUT2D eigenvalue weighted by atomic mass is 10.2. The summed E-state index contributed by atoms with van der Waals surface area (Å²) in [7, 11) is 2.18. The minimum absolute atomic E-state index is 0.842. The van der Waals surface area contributed by atoms with Gasteiger partial charge in [0.15, 0.2) is 0 Å². The van der Waals surface area contributed by atoms with Crippen molar-refractivity contribution < 1.29 is 0 Å². The molecule has 25 heavy (non-hydrogen) atoms. The summed E-state index contributed by atoms with van der Waals surface area (Å²) < 4.78 is 0. The molecule has 132 valence electrons. The minimum Gasteiger partial charge on any atom is -0.355 e. The van der Waals surface area contributed by atoms with E-state index < -0.39 is 0 Å². The van der Waals surface area contributed by atoms with Gasteiger partial charge in [0.2, 0.25) is 0 Å². The fourth-order valence-corrected chi connectivity index (χ4v) is 3.50. The van der Waals surface area contributed by atoms with Gasteiger partial charge >= 0.3 is 0 Å². The lowest BCUT2D eigenvalue weighted by Crippen LogP contribution is -2.43. The zero-order chi connectivity index (χ0) is 17.1. The first kappa shape index (κ1) is 16.4. The molecule has 2 aliphatic rings. The number of hydrogen-bond donors (Lipinski definition) is 0. The average Bonchev–Trinajstić information content (AvgIpc) is 3.19. The molecule has 0 unspecified atom stereocenters. The fourth-order valence-electron chi connectivity index (χ4n) is 3.50. The van der Waals surface area contributed by atoms with E-state index in [4.69, 9.17) is 0 Å². The normalized spacial score (nSPS) is 19.5. The van der Waals surface area contributed by atoms with E-state index in [1.165, 1.54) is 18.4 Å². The first-order chi connectivity index (χ1) is 12.3. The van der Waals surface area contributed by atoms with Crippen molar-refractivity contribution in [2.75, 3.05) is 51.2 Å². The lowest BCUT2D eigenvalue weighted by Gasteiger charge is -2.32. The molecule has 0 aliphatic carbocycles. The van der Waals surface area contributed by atoms with E-state index >= 15 is 0 Å². The zero-order valence-corrected chi connectivity index (χ0v) is 14.9. The molecule has 6 heteroatoms. The summed E-state index contributed by atoms with van der Waals surface area (Å²) >= 11 is 0. The van der Waals surface area contributed by atoms with Crippen LogP contribution in [0.2, 0.25) is 0 Å². The predicted molar refractivity (Wildman–Crippen MR) is 99.5 cm³/mol. The van der Waals surface area contributed by atoms with Gasteiger partial charge in [-0.15, -0.1) is 0 Å². The maximum absolute atomic E-state index is 4.60. The number of anilines is 1. The second-order valence-electron chi connectivity index (χ2n) is 7.09. The van der Waals surface area contributed by atoms with E-state index in [2.05, 4.69) is 48.8 Å². The summed E-state index contributed by atoms with van der Waals surface area (Å²) in [6.45, 7) is 7.69. The van der Waals surface area contributed by atoms with Gasteiger partial charge in [-0.05, 0) is 31.5 Å². The van der Waals surface area contributed by atoms with E-state index in [1.807, 2.05) is 18.6 Å². The molecule has 2 aromatic heterocycles. The van der Waals surface area contributed by atoms with Gasteiger partial charge in [0.25, 0.3) is 0 Å². The molecule has 0 atom stereocenters. The van der Waals surface area contributed by atoms with Gasteiger partial charge in [0, 0.05) is 52.0 Å². The summed E-state index contributed by atoms with van der Waals surface area (Å²) in [6.07, 6.45) is 8.19.